The largest absolute Gasteiger partial charge is 0.385 e. The minimum absolute atomic E-state index is 0.681. The molecule has 0 spiro atoms. The zero-order chi connectivity index (χ0) is 15.5. The molecule has 0 aromatic heterocycles. The molecule has 3 atom stereocenters. The van der Waals surface area contributed by atoms with Gasteiger partial charge in [-0.1, -0.05) is 13.3 Å². The molecule has 0 aromatic rings. The Kier molecular flexibility index (Phi) is 10.3. The Morgan fingerprint density at radius 3 is 2.48 bits per heavy atom. The molecule has 0 saturated heterocycles. The standard InChI is InChI=1S/C17H36N2O2/c1-5-15-7-8-17(18-2)16(13-15)14-19(10-12-21-4)9-6-11-20-3/h15-18H,5-14H2,1-4H3. The van der Waals surface area contributed by atoms with E-state index < -0.39 is 0 Å². The lowest BCUT2D eigenvalue weighted by atomic mass is 9.76. The third-order valence-corrected chi connectivity index (χ3v) is 4.97. The number of nitrogens with zero attached hydrogens (tertiary/aromatic N) is 1. The van der Waals surface area contributed by atoms with Gasteiger partial charge in [0.2, 0.25) is 0 Å². The Labute approximate surface area is 131 Å². The molecule has 1 aliphatic carbocycles. The van der Waals surface area contributed by atoms with E-state index in [1.54, 1.807) is 14.2 Å². The molecule has 0 radical (unpaired) electrons. The van der Waals surface area contributed by atoms with Crippen LogP contribution in [0.3, 0.4) is 0 Å². The molecule has 0 aromatic carbocycles. The van der Waals surface area contributed by atoms with E-state index in [1.807, 2.05) is 0 Å². The summed E-state index contributed by atoms with van der Waals surface area (Å²) >= 11 is 0. The van der Waals surface area contributed by atoms with Crippen molar-refractivity contribution in [2.24, 2.45) is 11.8 Å². The maximum atomic E-state index is 5.27. The Bertz CT molecular complexity index is 251. The van der Waals surface area contributed by atoms with Crippen LogP contribution in [0.25, 0.3) is 0 Å². The Morgan fingerprint density at radius 2 is 1.86 bits per heavy atom. The Balaban J connectivity index is 2.50. The van der Waals surface area contributed by atoms with E-state index in [2.05, 4.69) is 24.2 Å². The number of rotatable bonds is 11. The first kappa shape index (κ1) is 18.9. The number of hydrogen-bond donors (Lipinski definition) is 1. The van der Waals surface area contributed by atoms with Gasteiger partial charge in [-0.15, -0.1) is 0 Å². The maximum Gasteiger partial charge on any atom is 0.0589 e. The van der Waals surface area contributed by atoms with Gasteiger partial charge < -0.3 is 19.7 Å². The van der Waals surface area contributed by atoms with Gasteiger partial charge in [0.05, 0.1) is 6.61 Å². The fraction of sp³-hybridized carbons (Fsp3) is 1.00. The second-order valence-electron chi connectivity index (χ2n) is 6.38. The Morgan fingerprint density at radius 1 is 1.10 bits per heavy atom. The van der Waals surface area contributed by atoms with Crippen LogP contribution in [0.4, 0.5) is 0 Å². The average Bonchev–Trinajstić information content (AvgIpc) is 2.52. The van der Waals surface area contributed by atoms with Crippen LogP contribution in [-0.4, -0.2) is 65.1 Å². The van der Waals surface area contributed by atoms with Gasteiger partial charge in [-0.25, -0.2) is 0 Å². The van der Waals surface area contributed by atoms with E-state index in [-0.39, 0.29) is 0 Å². The SMILES string of the molecule is CCC1CCC(NC)C(CN(CCCOC)CCOC)C1. The summed E-state index contributed by atoms with van der Waals surface area (Å²) in [5.41, 5.74) is 0. The molecule has 0 bridgehead atoms. The van der Waals surface area contributed by atoms with Gasteiger partial charge in [-0.05, 0) is 44.6 Å². The van der Waals surface area contributed by atoms with Gasteiger partial charge in [-0.2, -0.15) is 0 Å². The van der Waals surface area contributed by atoms with E-state index in [1.165, 1.54) is 32.2 Å². The smallest absolute Gasteiger partial charge is 0.0589 e. The number of methoxy groups -OCH3 is 2. The van der Waals surface area contributed by atoms with Crippen LogP contribution in [0.5, 0.6) is 0 Å². The van der Waals surface area contributed by atoms with Crippen LogP contribution in [-0.2, 0) is 9.47 Å². The van der Waals surface area contributed by atoms with Crippen molar-refractivity contribution in [2.75, 3.05) is 54.1 Å². The highest BCUT2D eigenvalue weighted by Gasteiger charge is 2.29. The summed E-state index contributed by atoms with van der Waals surface area (Å²) in [5.74, 6) is 1.69. The quantitative estimate of drug-likeness (QED) is 0.594. The van der Waals surface area contributed by atoms with E-state index >= 15 is 0 Å². The molecule has 126 valence electrons. The van der Waals surface area contributed by atoms with Crippen molar-refractivity contribution in [3.05, 3.63) is 0 Å². The Hall–Kier alpha value is -0.160. The van der Waals surface area contributed by atoms with E-state index in [9.17, 15) is 0 Å². The van der Waals surface area contributed by atoms with Crippen molar-refractivity contribution in [1.29, 1.82) is 0 Å². The molecule has 1 aliphatic rings. The summed E-state index contributed by atoms with van der Waals surface area (Å²) in [6.45, 7) is 7.34. The number of nitrogens with one attached hydrogen (secondary N) is 1. The van der Waals surface area contributed by atoms with Crippen LogP contribution < -0.4 is 5.32 Å². The highest BCUT2D eigenvalue weighted by Crippen LogP contribution is 2.31. The second kappa shape index (κ2) is 11.4. The lowest BCUT2D eigenvalue weighted by molar-refractivity contribution is 0.0983. The molecule has 1 rings (SSSR count). The van der Waals surface area contributed by atoms with Crippen LogP contribution in [0.1, 0.15) is 39.0 Å². The molecule has 0 aliphatic heterocycles. The van der Waals surface area contributed by atoms with Crippen LogP contribution >= 0.6 is 0 Å². The molecule has 0 amide bonds. The first-order valence-electron chi connectivity index (χ1n) is 8.62. The monoisotopic (exact) mass is 300 g/mol. The van der Waals surface area contributed by atoms with Crippen molar-refractivity contribution in [3.8, 4) is 0 Å². The van der Waals surface area contributed by atoms with Crippen LogP contribution in [0.2, 0.25) is 0 Å². The summed E-state index contributed by atoms with van der Waals surface area (Å²) in [6, 6.07) is 0.681. The minimum atomic E-state index is 0.681. The molecular formula is C17H36N2O2. The molecule has 0 heterocycles. The average molecular weight is 300 g/mol. The van der Waals surface area contributed by atoms with Crippen molar-refractivity contribution in [3.63, 3.8) is 0 Å². The summed E-state index contributed by atoms with van der Waals surface area (Å²) in [5, 5.41) is 3.54. The van der Waals surface area contributed by atoms with E-state index in [0.717, 1.165) is 44.6 Å². The van der Waals surface area contributed by atoms with Crippen LogP contribution in [0, 0.1) is 11.8 Å². The zero-order valence-corrected chi connectivity index (χ0v) is 14.6. The van der Waals surface area contributed by atoms with E-state index in [0.29, 0.717) is 6.04 Å². The lowest BCUT2D eigenvalue weighted by Crippen LogP contribution is -2.45. The third-order valence-electron chi connectivity index (χ3n) is 4.97. The molecular weight excluding hydrogens is 264 g/mol. The fourth-order valence-electron chi connectivity index (χ4n) is 3.59. The van der Waals surface area contributed by atoms with Crippen molar-refractivity contribution in [1.82, 2.24) is 10.2 Å². The molecule has 4 nitrogen and oxygen atoms in total. The molecule has 1 N–H and O–H groups in total. The zero-order valence-electron chi connectivity index (χ0n) is 14.6. The van der Waals surface area contributed by atoms with Gasteiger partial charge in [0, 0.05) is 46.5 Å². The summed E-state index contributed by atoms with van der Waals surface area (Å²) < 4.78 is 10.5. The number of hydrogen-bond acceptors (Lipinski definition) is 4. The molecule has 4 heteroatoms. The third kappa shape index (κ3) is 7.09. The first-order valence-corrected chi connectivity index (χ1v) is 8.62. The van der Waals surface area contributed by atoms with Gasteiger partial charge in [0.1, 0.15) is 0 Å². The molecule has 1 saturated carbocycles. The molecule has 3 unspecified atom stereocenters. The molecule has 1 fully saturated rings. The van der Waals surface area contributed by atoms with E-state index in [4.69, 9.17) is 9.47 Å². The van der Waals surface area contributed by atoms with Gasteiger partial charge in [0.15, 0.2) is 0 Å². The first-order chi connectivity index (χ1) is 10.2. The maximum absolute atomic E-state index is 5.27. The summed E-state index contributed by atoms with van der Waals surface area (Å²) in [4.78, 5) is 2.57. The van der Waals surface area contributed by atoms with Gasteiger partial charge in [0.25, 0.3) is 0 Å². The van der Waals surface area contributed by atoms with Gasteiger partial charge in [-0.3, -0.25) is 0 Å². The predicted molar refractivity (Wildman–Crippen MR) is 88.8 cm³/mol. The highest BCUT2D eigenvalue weighted by atomic mass is 16.5. The van der Waals surface area contributed by atoms with Crippen LogP contribution in [0.15, 0.2) is 0 Å². The fourth-order valence-corrected chi connectivity index (χ4v) is 3.59. The number of ether oxygens (including phenoxy) is 2. The topological polar surface area (TPSA) is 33.7 Å². The van der Waals surface area contributed by atoms with Crippen molar-refractivity contribution >= 4 is 0 Å². The van der Waals surface area contributed by atoms with Gasteiger partial charge >= 0.3 is 0 Å². The normalized spacial score (nSPS) is 26.4. The predicted octanol–water partition coefficient (Wildman–Crippen LogP) is 2.39. The second-order valence-corrected chi connectivity index (χ2v) is 6.38. The van der Waals surface area contributed by atoms with Crippen molar-refractivity contribution in [2.45, 2.75) is 45.1 Å². The molecule has 21 heavy (non-hydrogen) atoms. The lowest BCUT2D eigenvalue weighted by Gasteiger charge is -2.38. The minimum Gasteiger partial charge on any atom is -0.385 e. The summed E-state index contributed by atoms with van der Waals surface area (Å²) in [7, 11) is 5.69. The summed E-state index contributed by atoms with van der Waals surface area (Å²) in [6.07, 6.45) is 6.52. The van der Waals surface area contributed by atoms with Crippen molar-refractivity contribution < 1.29 is 9.47 Å². The highest BCUT2D eigenvalue weighted by molar-refractivity contribution is 4.85.